The van der Waals surface area contributed by atoms with E-state index in [2.05, 4.69) is 34.8 Å². The fourth-order valence-corrected chi connectivity index (χ4v) is 7.22. The van der Waals surface area contributed by atoms with Crippen LogP contribution in [0.25, 0.3) is 11.1 Å². The van der Waals surface area contributed by atoms with Crippen LogP contribution in [0, 0.1) is 27.7 Å². The number of fused-ring (bicyclic) bond motifs is 1. The Morgan fingerprint density at radius 2 is 1.92 bits per heavy atom. The van der Waals surface area contributed by atoms with E-state index >= 15 is 0 Å². The normalized spacial score (nSPS) is 17.4. The first-order valence-electron chi connectivity index (χ1n) is 12.6. The Morgan fingerprint density at radius 3 is 2.68 bits per heavy atom. The zero-order valence-electron chi connectivity index (χ0n) is 21.9. The Labute approximate surface area is 225 Å². The lowest BCUT2D eigenvalue weighted by Crippen LogP contribution is -2.19. The van der Waals surface area contributed by atoms with Crippen LogP contribution in [0.3, 0.4) is 0 Å². The fraction of sp³-hybridized carbons (Fsp3) is 0.345. The number of carbonyl (C=O) groups excluding carboxylic acids is 2. The lowest BCUT2D eigenvalue weighted by Gasteiger charge is -2.13. The summed E-state index contributed by atoms with van der Waals surface area (Å²) in [6, 6.07) is 8.09. The van der Waals surface area contributed by atoms with Gasteiger partial charge in [0, 0.05) is 16.3 Å². The Morgan fingerprint density at radius 1 is 1.14 bits per heavy atom. The van der Waals surface area contributed by atoms with Gasteiger partial charge in [-0.25, -0.2) is 9.79 Å². The van der Waals surface area contributed by atoms with E-state index in [1.165, 1.54) is 22.2 Å². The minimum absolute atomic E-state index is 0.156. The largest absolute Gasteiger partial charge is 0.462 e. The summed E-state index contributed by atoms with van der Waals surface area (Å²) in [4.78, 5) is 32.3. The molecule has 3 aromatic rings. The molecule has 1 amide bonds. The molecule has 192 valence electrons. The van der Waals surface area contributed by atoms with Crippen LogP contribution >= 0.6 is 23.1 Å². The number of aryl methyl sites for hydroxylation is 4. The summed E-state index contributed by atoms with van der Waals surface area (Å²) in [5.74, 6) is -0.404. The maximum atomic E-state index is 13.0. The van der Waals surface area contributed by atoms with Gasteiger partial charge in [-0.15, -0.1) is 11.3 Å². The number of benzene rings is 1. The molecule has 0 bridgehead atoms. The number of esters is 1. The molecule has 2 aliphatic rings. The fourth-order valence-electron chi connectivity index (χ4n) is 4.90. The molecule has 1 saturated heterocycles. The number of carbonyl (C=O) groups is 2. The number of aliphatic imine (C=N–C) groups is 1. The zero-order valence-corrected chi connectivity index (χ0v) is 23.5. The van der Waals surface area contributed by atoms with Gasteiger partial charge in [0.05, 0.1) is 22.8 Å². The van der Waals surface area contributed by atoms with E-state index in [1.54, 1.807) is 11.3 Å². The molecule has 0 atom stereocenters. The molecule has 0 unspecified atom stereocenters. The first-order valence-corrected chi connectivity index (χ1v) is 14.3. The second-order valence-corrected chi connectivity index (χ2v) is 11.6. The van der Waals surface area contributed by atoms with E-state index < -0.39 is 0 Å². The van der Waals surface area contributed by atoms with Crippen molar-refractivity contribution < 1.29 is 14.3 Å². The number of hydrogen-bond acceptors (Lipinski definition) is 6. The molecule has 0 saturated carbocycles. The number of aromatic nitrogens is 1. The number of ether oxygens (including phenoxy) is 1. The van der Waals surface area contributed by atoms with Gasteiger partial charge < -0.3 is 14.6 Å². The number of thiophene rings is 1. The third-order valence-electron chi connectivity index (χ3n) is 6.96. The van der Waals surface area contributed by atoms with Crippen molar-refractivity contribution in [2.75, 3.05) is 6.61 Å². The molecule has 5 rings (SSSR count). The number of nitrogens with zero attached hydrogens (tertiary/aromatic N) is 2. The highest BCUT2D eigenvalue weighted by Gasteiger charge is 2.29. The zero-order chi connectivity index (χ0) is 26.3. The van der Waals surface area contributed by atoms with Crippen LogP contribution in [0.4, 0.5) is 5.69 Å². The van der Waals surface area contributed by atoms with Crippen LogP contribution in [0.1, 0.15) is 68.6 Å². The van der Waals surface area contributed by atoms with Gasteiger partial charge in [0.25, 0.3) is 5.91 Å². The molecule has 1 aromatic carbocycles. The molecule has 1 aliphatic heterocycles. The van der Waals surface area contributed by atoms with Crippen molar-refractivity contribution in [1.82, 2.24) is 9.88 Å². The van der Waals surface area contributed by atoms with Crippen LogP contribution < -0.4 is 5.32 Å². The van der Waals surface area contributed by atoms with E-state index in [9.17, 15) is 9.59 Å². The van der Waals surface area contributed by atoms with Gasteiger partial charge in [0.1, 0.15) is 5.00 Å². The van der Waals surface area contributed by atoms with Crippen LogP contribution in [-0.2, 0) is 22.4 Å². The van der Waals surface area contributed by atoms with Crippen molar-refractivity contribution >= 4 is 51.9 Å². The average Bonchev–Trinajstić information content (AvgIpc) is 3.49. The van der Waals surface area contributed by atoms with Gasteiger partial charge in [-0.2, -0.15) is 0 Å². The van der Waals surface area contributed by atoms with E-state index in [-0.39, 0.29) is 11.9 Å². The molecule has 0 spiro atoms. The number of thioether (sulfide) groups is 1. The SMILES string of the molecule is CCOC(=O)c1c(-n2c(C)cc(/C=C3\SC(=Nc4ccc(C)c(C)c4)NC3=O)c2C)sc2c1CCCC2. The quantitative estimate of drug-likeness (QED) is 0.292. The van der Waals surface area contributed by atoms with Crippen LogP contribution in [0.15, 0.2) is 34.2 Å². The summed E-state index contributed by atoms with van der Waals surface area (Å²) in [6.07, 6.45) is 6.07. The first-order chi connectivity index (χ1) is 17.8. The maximum Gasteiger partial charge on any atom is 0.341 e. The lowest BCUT2D eigenvalue weighted by molar-refractivity contribution is -0.115. The van der Waals surface area contributed by atoms with Crippen LogP contribution in [0.5, 0.6) is 0 Å². The van der Waals surface area contributed by atoms with Gasteiger partial charge >= 0.3 is 5.97 Å². The summed E-state index contributed by atoms with van der Waals surface area (Å²) in [5, 5.41) is 4.38. The lowest BCUT2D eigenvalue weighted by atomic mass is 9.95. The van der Waals surface area contributed by atoms with Crippen molar-refractivity contribution in [3.63, 3.8) is 0 Å². The Bertz CT molecular complexity index is 1480. The summed E-state index contributed by atoms with van der Waals surface area (Å²) in [6.45, 7) is 10.4. The first kappa shape index (κ1) is 25.5. The minimum atomic E-state index is -0.248. The predicted molar refractivity (Wildman–Crippen MR) is 152 cm³/mol. The highest BCUT2D eigenvalue weighted by molar-refractivity contribution is 8.18. The Balaban J connectivity index is 1.50. The number of amidine groups is 1. The Kier molecular flexibility index (Phi) is 7.14. The average molecular weight is 534 g/mol. The molecule has 8 heteroatoms. The van der Waals surface area contributed by atoms with Gasteiger partial charge in [-0.1, -0.05) is 6.07 Å². The molecule has 1 aliphatic carbocycles. The molecule has 6 nitrogen and oxygen atoms in total. The molecule has 3 heterocycles. The number of amides is 1. The highest BCUT2D eigenvalue weighted by Crippen LogP contribution is 2.40. The van der Waals surface area contributed by atoms with Crippen molar-refractivity contribution in [3.05, 3.63) is 73.3 Å². The standard InChI is InChI=1S/C29H31N3O3S2/c1-6-35-28(34)25-22-9-7-8-10-23(22)36-27(25)32-18(4)14-20(19(32)5)15-24-26(33)31-29(37-24)30-21-12-11-16(2)17(3)13-21/h11-15H,6-10H2,1-5H3,(H,30,31,33)/b24-15-. The van der Waals surface area contributed by atoms with E-state index in [1.807, 2.05) is 45.0 Å². The smallest absolute Gasteiger partial charge is 0.341 e. The minimum Gasteiger partial charge on any atom is -0.462 e. The van der Waals surface area contributed by atoms with E-state index in [4.69, 9.17) is 4.74 Å². The van der Waals surface area contributed by atoms with Gasteiger partial charge in [-0.05, 0) is 119 Å². The van der Waals surface area contributed by atoms with Crippen molar-refractivity contribution in [1.29, 1.82) is 0 Å². The van der Waals surface area contributed by atoms with Gasteiger partial charge in [0.2, 0.25) is 0 Å². The predicted octanol–water partition coefficient (Wildman–Crippen LogP) is 6.72. The topological polar surface area (TPSA) is 72.7 Å². The molecule has 0 radical (unpaired) electrons. The summed E-state index contributed by atoms with van der Waals surface area (Å²) < 4.78 is 7.61. The van der Waals surface area contributed by atoms with Crippen LogP contribution in [-0.4, -0.2) is 28.2 Å². The maximum absolute atomic E-state index is 13.0. The number of nitrogens with one attached hydrogen (secondary N) is 1. The third kappa shape index (κ3) is 4.92. The monoisotopic (exact) mass is 533 g/mol. The highest BCUT2D eigenvalue weighted by atomic mass is 32.2. The Hall–Kier alpha value is -3.10. The molecular weight excluding hydrogens is 502 g/mol. The molecule has 1 N–H and O–H groups in total. The molecular formula is C29H31N3O3S2. The van der Waals surface area contributed by atoms with Crippen molar-refractivity contribution in [3.8, 4) is 5.00 Å². The number of hydrogen-bond donors (Lipinski definition) is 1. The summed E-state index contributed by atoms with van der Waals surface area (Å²) >= 11 is 3.04. The van der Waals surface area contributed by atoms with Crippen molar-refractivity contribution in [2.45, 2.75) is 60.3 Å². The molecule has 1 fully saturated rings. The molecule has 2 aromatic heterocycles. The second-order valence-electron chi connectivity index (χ2n) is 9.52. The summed E-state index contributed by atoms with van der Waals surface area (Å²) in [5.41, 5.74) is 8.00. The second kappa shape index (κ2) is 10.3. The third-order valence-corrected chi connectivity index (χ3v) is 9.15. The van der Waals surface area contributed by atoms with Crippen molar-refractivity contribution in [2.24, 2.45) is 4.99 Å². The summed E-state index contributed by atoms with van der Waals surface area (Å²) in [7, 11) is 0. The molecule has 37 heavy (non-hydrogen) atoms. The van der Waals surface area contributed by atoms with Crippen LogP contribution in [0.2, 0.25) is 0 Å². The van der Waals surface area contributed by atoms with E-state index in [0.717, 1.165) is 64.4 Å². The van der Waals surface area contributed by atoms with Gasteiger partial charge in [0.15, 0.2) is 5.17 Å². The van der Waals surface area contributed by atoms with Gasteiger partial charge in [-0.3, -0.25) is 4.79 Å². The number of rotatable bonds is 5. The van der Waals surface area contributed by atoms with E-state index in [0.29, 0.717) is 22.2 Å².